The monoisotopic (exact) mass is 313 g/mol. The van der Waals surface area contributed by atoms with E-state index in [-0.39, 0.29) is 17.9 Å². The normalized spacial score (nSPS) is 22.1. The van der Waals surface area contributed by atoms with E-state index in [4.69, 9.17) is 0 Å². The molecule has 1 unspecified atom stereocenters. The van der Waals surface area contributed by atoms with Crippen molar-refractivity contribution in [3.8, 4) is 0 Å². The second-order valence-electron chi connectivity index (χ2n) is 6.19. The van der Waals surface area contributed by atoms with Crippen molar-refractivity contribution in [1.82, 2.24) is 4.90 Å². The van der Waals surface area contributed by atoms with Crippen molar-refractivity contribution in [2.24, 2.45) is 0 Å². The second kappa shape index (κ2) is 6.42. The average molecular weight is 313 g/mol. The maximum absolute atomic E-state index is 12.9. The Morgan fingerprint density at radius 3 is 1.92 bits per heavy atom. The molecule has 0 N–H and O–H groups in total. The molecule has 0 amide bonds. The minimum atomic E-state index is -0.0741. The molecule has 3 aromatic rings. The summed E-state index contributed by atoms with van der Waals surface area (Å²) in [5.41, 5.74) is 3.24. The first kappa shape index (κ1) is 14.9. The highest BCUT2D eigenvalue weighted by Crippen LogP contribution is 2.45. The molecule has 1 fully saturated rings. The molecular formula is C22H19NO. The molecule has 0 radical (unpaired) electrons. The zero-order chi connectivity index (χ0) is 16.4. The smallest absolute Gasteiger partial charge is 0.181 e. The minimum absolute atomic E-state index is 0.0741. The van der Waals surface area contributed by atoms with Crippen LogP contribution in [0.15, 0.2) is 91.0 Å². The van der Waals surface area contributed by atoms with Crippen molar-refractivity contribution in [2.75, 3.05) is 0 Å². The number of hydrogen-bond acceptors (Lipinski definition) is 2. The summed E-state index contributed by atoms with van der Waals surface area (Å²) in [4.78, 5) is 15.2. The van der Waals surface area contributed by atoms with Crippen molar-refractivity contribution >= 4 is 5.78 Å². The van der Waals surface area contributed by atoms with Gasteiger partial charge in [-0.05, 0) is 11.1 Å². The minimum Gasteiger partial charge on any atom is -0.292 e. The Morgan fingerprint density at radius 2 is 1.29 bits per heavy atom. The topological polar surface area (TPSA) is 20.1 Å². The molecule has 0 saturated carbocycles. The molecule has 0 aromatic heterocycles. The summed E-state index contributed by atoms with van der Waals surface area (Å²) in [6.07, 6.45) is 0. The van der Waals surface area contributed by atoms with Crippen LogP contribution in [-0.4, -0.2) is 16.7 Å². The summed E-state index contributed by atoms with van der Waals surface area (Å²) in [5.74, 6) is 0.209. The van der Waals surface area contributed by atoms with Gasteiger partial charge in [0.2, 0.25) is 0 Å². The van der Waals surface area contributed by atoms with Gasteiger partial charge in [0.1, 0.15) is 0 Å². The molecule has 1 aliphatic heterocycles. The van der Waals surface area contributed by atoms with E-state index in [0.29, 0.717) is 0 Å². The van der Waals surface area contributed by atoms with Crippen molar-refractivity contribution < 1.29 is 4.79 Å². The van der Waals surface area contributed by atoms with E-state index in [1.165, 1.54) is 11.1 Å². The van der Waals surface area contributed by atoms with Crippen molar-refractivity contribution in [2.45, 2.75) is 18.6 Å². The number of ketones is 1. The molecule has 4 rings (SSSR count). The summed E-state index contributed by atoms with van der Waals surface area (Å²) in [6.45, 7) is 0.795. The molecule has 2 heteroatoms. The fourth-order valence-electron chi connectivity index (χ4n) is 3.36. The first-order valence-electron chi connectivity index (χ1n) is 8.28. The van der Waals surface area contributed by atoms with Gasteiger partial charge in [0.05, 0.1) is 12.1 Å². The quantitative estimate of drug-likeness (QED) is 0.511. The third-order valence-electron chi connectivity index (χ3n) is 4.60. The van der Waals surface area contributed by atoms with Gasteiger partial charge in [0.25, 0.3) is 0 Å². The zero-order valence-electron chi connectivity index (χ0n) is 13.4. The summed E-state index contributed by atoms with van der Waals surface area (Å²) in [5, 5.41) is 0. The molecule has 1 aliphatic rings. The lowest BCUT2D eigenvalue weighted by Gasteiger charge is -2.04. The van der Waals surface area contributed by atoms with Gasteiger partial charge in [-0.2, -0.15) is 0 Å². The largest absolute Gasteiger partial charge is 0.292 e. The molecule has 3 atom stereocenters. The van der Waals surface area contributed by atoms with E-state index in [9.17, 15) is 4.79 Å². The molecule has 3 aromatic carbocycles. The molecule has 24 heavy (non-hydrogen) atoms. The Kier molecular flexibility index (Phi) is 3.97. The van der Waals surface area contributed by atoms with Gasteiger partial charge < -0.3 is 0 Å². The lowest BCUT2D eigenvalue weighted by atomic mass is 10.0. The van der Waals surface area contributed by atoms with Crippen molar-refractivity contribution in [3.05, 3.63) is 108 Å². The summed E-state index contributed by atoms with van der Waals surface area (Å²) < 4.78 is 0. The standard InChI is InChI=1S/C22H19NO/c24-22(19-14-8-3-9-15-19)21-20(18-12-6-2-7-13-18)23(21)16-17-10-4-1-5-11-17/h1-15,20-21H,16H2/t20-,21+,23?/m0/s1. The average Bonchev–Trinajstić information content (AvgIpc) is 3.37. The predicted molar refractivity (Wildman–Crippen MR) is 95.7 cm³/mol. The van der Waals surface area contributed by atoms with Crippen molar-refractivity contribution in [1.29, 1.82) is 0 Å². The molecular weight excluding hydrogens is 294 g/mol. The van der Waals surface area contributed by atoms with Crippen LogP contribution in [-0.2, 0) is 6.54 Å². The first-order chi connectivity index (χ1) is 11.8. The van der Waals surface area contributed by atoms with E-state index >= 15 is 0 Å². The van der Waals surface area contributed by atoms with Crippen LogP contribution < -0.4 is 0 Å². The number of carbonyl (C=O) groups is 1. The van der Waals surface area contributed by atoms with Crippen LogP contribution in [0, 0.1) is 0 Å². The van der Waals surface area contributed by atoms with Crippen LogP contribution in [0.25, 0.3) is 0 Å². The van der Waals surface area contributed by atoms with Gasteiger partial charge in [0.15, 0.2) is 5.78 Å². The van der Waals surface area contributed by atoms with Crippen LogP contribution in [0.3, 0.4) is 0 Å². The summed E-state index contributed by atoms with van der Waals surface area (Å²) in [6, 6.07) is 30.4. The van der Waals surface area contributed by atoms with Gasteiger partial charge >= 0.3 is 0 Å². The molecule has 118 valence electrons. The van der Waals surface area contributed by atoms with Gasteiger partial charge in [-0.1, -0.05) is 91.0 Å². The Morgan fingerprint density at radius 1 is 0.750 bits per heavy atom. The molecule has 1 heterocycles. The van der Waals surface area contributed by atoms with Gasteiger partial charge in [-0.25, -0.2) is 0 Å². The highest BCUT2D eigenvalue weighted by Gasteiger charge is 2.52. The van der Waals surface area contributed by atoms with Gasteiger partial charge in [-0.15, -0.1) is 0 Å². The number of hydrogen-bond donors (Lipinski definition) is 0. The van der Waals surface area contributed by atoms with Crippen LogP contribution >= 0.6 is 0 Å². The number of Topliss-reactive ketones (excluding diaryl/α,β-unsaturated/α-hetero) is 1. The Balaban J connectivity index is 1.61. The SMILES string of the molecule is O=C(c1ccccc1)[C@H]1[C@H](c2ccccc2)N1Cc1ccccc1. The first-order valence-corrected chi connectivity index (χ1v) is 8.28. The Bertz CT molecular complexity index is 814. The van der Waals surface area contributed by atoms with Gasteiger partial charge in [0, 0.05) is 12.1 Å². The van der Waals surface area contributed by atoms with Crippen LogP contribution in [0.1, 0.15) is 27.5 Å². The van der Waals surface area contributed by atoms with Crippen molar-refractivity contribution in [3.63, 3.8) is 0 Å². The molecule has 0 bridgehead atoms. The number of carbonyl (C=O) groups excluding carboxylic acids is 1. The third kappa shape index (κ3) is 2.89. The van der Waals surface area contributed by atoms with E-state index in [0.717, 1.165) is 12.1 Å². The molecule has 2 nitrogen and oxygen atoms in total. The predicted octanol–water partition coefficient (Wildman–Crippen LogP) is 4.50. The zero-order valence-corrected chi connectivity index (χ0v) is 13.4. The Labute approximate surface area is 142 Å². The van der Waals surface area contributed by atoms with Gasteiger partial charge in [-0.3, -0.25) is 9.69 Å². The van der Waals surface area contributed by atoms with Crippen LogP contribution in [0.4, 0.5) is 0 Å². The molecule has 0 spiro atoms. The maximum atomic E-state index is 12.9. The lowest BCUT2D eigenvalue weighted by Crippen LogP contribution is -2.13. The highest BCUT2D eigenvalue weighted by molar-refractivity contribution is 6.02. The Hall–Kier alpha value is -2.71. The fourth-order valence-corrected chi connectivity index (χ4v) is 3.36. The highest BCUT2D eigenvalue weighted by atomic mass is 16.1. The fraction of sp³-hybridized carbons (Fsp3) is 0.136. The summed E-state index contributed by atoms with van der Waals surface area (Å²) >= 11 is 0. The lowest BCUT2D eigenvalue weighted by molar-refractivity contribution is 0.0973. The maximum Gasteiger partial charge on any atom is 0.181 e. The number of nitrogens with zero attached hydrogens (tertiary/aromatic N) is 1. The second-order valence-corrected chi connectivity index (χ2v) is 6.19. The van der Waals surface area contributed by atoms with E-state index in [2.05, 4.69) is 29.2 Å². The summed E-state index contributed by atoms with van der Waals surface area (Å²) in [7, 11) is 0. The third-order valence-corrected chi connectivity index (χ3v) is 4.60. The number of rotatable bonds is 5. The van der Waals surface area contributed by atoms with E-state index in [1.54, 1.807) is 0 Å². The van der Waals surface area contributed by atoms with E-state index < -0.39 is 0 Å². The molecule has 1 saturated heterocycles. The number of benzene rings is 3. The van der Waals surface area contributed by atoms with Crippen LogP contribution in [0.5, 0.6) is 0 Å². The molecule has 0 aliphatic carbocycles. The van der Waals surface area contributed by atoms with E-state index in [1.807, 2.05) is 66.7 Å². The van der Waals surface area contributed by atoms with Crippen LogP contribution in [0.2, 0.25) is 0 Å².